The van der Waals surface area contributed by atoms with Crippen LogP contribution < -0.4 is 10.6 Å². The first-order valence-electron chi connectivity index (χ1n) is 10.5. The summed E-state index contributed by atoms with van der Waals surface area (Å²) < 4.78 is 6.61. The molecule has 2 aliphatic rings. The van der Waals surface area contributed by atoms with E-state index in [0.717, 1.165) is 54.0 Å². The van der Waals surface area contributed by atoms with Gasteiger partial charge in [0, 0.05) is 35.7 Å². The number of anilines is 1. The van der Waals surface area contributed by atoms with Gasteiger partial charge >= 0.3 is 0 Å². The third-order valence-corrected chi connectivity index (χ3v) is 7.28. The second-order valence-corrected chi connectivity index (χ2v) is 9.44. The summed E-state index contributed by atoms with van der Waals surface area (Å²) in [4.78, 5) is 26.0. The number of carbonyl (C=O) groups is 2. The number of nitrogens with zero attached hydrogens (tertiary/aromatic N) is 2. The Morgan fingerprint density at radius 3 is 2.68 bits per heavy atom. The van der Waals surface area contributed by atoms with E-state index in [9.17, 15) is 9.59 Å². The second-order valence-electron chi connectivity index (χ2n) is 8.02. The molecule has 0 unspecified atom stereocenters. The lowest BCUT2D eigenvalue weighted by Crippen LogP contribution is -2.39. The van der Waals surface area contributed by atoms with Crippen LogP contribution in [-0.2, 0) is 37.8 Å². The molecule has 1 fully saturated rings. The van der Waals surface area contributed by atoms with Crippen LogP contribution in [0.25, 0.3) is 0 Å². The number of carbonyl (C=O) groups excluding carboxylic acids is 2. The lowest BCUT2D eigenvalue weighted by molar-refractivity contribution is -0.123. The van der Waals surface area contributed by atoms with Crippen LogP contribution in [0.15, 0.2) is 24.3 Å². The van der Waals surface area contributed by atoms with E-state index in [1.165, 1.54) is 0 Å². The fourth-order valence-electron chi connectivity index (χ4n) is 4.43. The van der Waals surface area contributed by atoms with Gasteiger partial charge < -0.3 is 15.4 Å². The second kappa shape index (κ2) is 9.63. The Kier molecular flexibility index (Phi) is 6.89. The third kappa shape index (κ3) is 4.61. The van der Waals surface area contributed by atoms with Crippen molar-refractivity contribution in [1.82, 2.24) is 15.1 Å². The Bertz CT molecular complexity index is 954. The van der Waals surface area contributed by atoms with Crippen LogP contribution in [0.2, 0.25) is 5.02 Å². The molecule has 1 aromatic carbocycles. The molecule has 1 saturated carbocycles. The van der Waals surface area contributed by atoms with Gasteiger partial charge in [-0.05, 0) is 30.5 Å². The van der Waals surface area contributed by atoms with E-state index in [1.807, 2.05) is 24.3 Å². The number of methoxy groups -OCH3 is 1. The average molecular weight is 463 g/mol. The topological polar surface area (TPSA) is 85.2 Å². The molecule has 31 heavy (non-hydrogen) atoms. The summed E-state index contributed by atoms with van der Waals surface area (Å²) >= 11 is 7.84. The number of fused-ring (bicyclic) bond motifs is 1. The molecule has 0 radical (unpaired) electrons. The number of amides is 2. The van der Waals surface area contributed by atoms with Crippen molar-refractivity contribution in [3.63, 3.8) is 0 Å². The standard InChI is InChI=1S/C22H27ClN4O3S/c1-30-11-10-24-19(28)12-27-20(17-13-31-14-18(17)26-27)25-21(29)22(8-2-3-9-22)15-4-6-16(23)7-5-15/h4-7H,2-3,8-14H2,1H3,(H,24,28)(H,25,29). The van der Waals surface area contributed by atoms with Crippen LogP contribution in [0.5, 0.6) is 0 Å². The minimum Gasteiger partial charge on any atom is -0.383 e. The number of aromatic nitrogens is 2. The SMILES string of the molecule is COCCNC(=O)Cn1nc2c(c1NC(=O)C1(c3ccc(Cl)cc3)CCCC1)CSC2. The quantitative estimate of drug-likeness (QED) is 0.586. The van der Waals surface area contributed by atoms with Crippen molar-refractivity contribution in [3.8, 4) is 0 Å². The van der Waals surface area contributed by atoms with Crippen LogP contribution in [0.1, 0.15) is 42.5 Å². The number of thioether (sulfide) groups is 1. The Balaban J connectivity index is 1.58. The summed E-state index contributed by atoms with van der Waals surface area (Å²) in [5.74, 6) is 2.03. The van der Waals surface area contributed by atoms with Gasteiger partial charge in [-0.25, -0.2) is 4.68 Å². The monoisotopic (exact) mass is 462 g/mol. The van der Waals surface area contributed by atoms with Gasteiger partial charge in [-0.2, -0.15) is 16.9 Å². The lowest BCUT2D eigenvalue weighted by Gasteiger charge is -2.28. The summed E-state index contributed by atoms with van der Waals surface area (Å²) in [5.41, 5.74) is 2.37. The molecule has 2 amide bonds. The molecule has 2 N–H and O–H groups in total. The molecule has 4 rings (SSSR count). The Hall–Kier alpha value is -2.03. The van der Waals surface area contributed by atoms with E-state index >= 15 is 0 Å². The van der Waals surface area contributed by atoms with E-state index in [2.05, 4.69) is 15.7 Å². The van der Waals surface area contributed by atoms with Crippen molar-refractivity contribution in [2.45, 2.75) is 49.1 Å². The first kappa shape index (κ1) is 22.2. The number of nitrogens with one attached hydrogen (secondary N) is 2. The zero-order chi connectivity index (χ0) is 21.8. The molecule has 9 heteroatoms. The predicted molar refractivity (Wildman–Crippen MR) is 122 cm³/mol. The Labute approximate surface area is 191 Å². The zero-order valence-electron chi connectivity index (χ0n) is 17.6. The summed E-state index contributed by atoms with van der Waals surface area (Å²) in [6.07, 6.45) is 3.60. The molecular formula is C22H27ClN4O3S. The summed E-state index contributed by atoms with van der Waals surface area (Å²) in [6, 6.07) is 7.59. The van der Waals surface area contributed by atoms with Crippen molar-refractivity contribution in [2.24, 2.45) is 0 Å². The maximum atomic E-state index is 13.7. The number of rotatable bonds is 8. The number of ether oxygens (including phenoxy) is 1. The van der Waals surface area contributed by atoms with Crippen LogP contribution >= 0.6 is 23.4 Å². The summed E-state index contributed by atoms with van der Waals surface area (Å²) in [7, 11) is 1.59. The molecule has 0 bridgehead atoms. The largest absolute Gasteiger partial charge is 0.383 e. The fraction of sp³-hybridized carbons (Fsp3) is 0.500. The van der Waals surface area contributed by atoms with E-state index < -0.39 is 5.41 Å². The maximum Gasteiger partial charge on any atom is 0.241 e. The number of hydrogen-bond acceptors (Lipinski definition) is 5. The van der Waals surface area contributed by atoms with Gasteiger partial charge in [-0.3, -0.25) is 9.59 Å². The van der Waals surface area contributed by atoms with Crippen molar-refractivity contribution >= 4 is 41.0 Å². The van der Waals surface area contributed by atoms with Crippen LogP contribution in [0, 0.1) is 0 Å². The molecule has 1 aromatic heterocycles. The first-order valence-corrected chi connectivity index (χ1v) is 12.1. The lowest BCUT2D eigenvalue weighted by atomic mass is 9.78. The van der Waals surface area contributed by atoms with Gasteiger partial charge in [0.05, 0.1) is 17.7 Å². The molecule has 0 spiro atoms. The molecule has 0 saturated heterocycles. The minimum atomic E-state index is -0.584. The van der Waals surface area contributed by atoms with Gasteiger partial charge in [0.25, 0.3) is 0 Å². The molecule has 7 nitrogen and oxygen atoms in total. The predicted octanol–water partition coefficient (Wildman–Crippen LogP) is 3.50. The minimum absolute atomic E-state index is 0.0343. The summed E-state index contributed by atoms with van der Waals surface area (Å²) in [6.45, 7) is 0.948. The molecule has 2 aromatic rings. The van der Waals surface area contributed by atoms with Crippen LogP contribution in [-0.4, -0.2) is 41.9 Å². The normalized spacial score (nSPS) is 16.8. The Morgan fingerprint density at radius 2 is 1.97 bits per heavy atom. The zero-order valence-corrected chi connectivity index (χ0v) is 19.2. The highest BCUT2D eigenvalue weighted by Gasteiger charge is 2.43. The van der Waals surface area contributed by atoms with Crippen LogP contribution in [0.4, 0.5) is 5.82 Å². The van der Waals surface area contributed by atoms with Gasteiger partial charge in [0.2, 0.25) is 11.8 Å². The van der Waals surface area contributed by atoms with E-state index in [0.29, 0.717) is 24.0 Å². The molecule has 2 heterocycles. The molecule has 1 aliphatic carbocycles. The number of hydrogen-bond donors (Lipinski definition) is 2. The first-order chi connectivity index (χ1) is 15.0. The maximum absolute atomic E-state index is 13.7. The van der Waals surface area contributed by atoms with E-state index in [4.69, 9.17) is 16.3 Å². The van der Waals surface area contributed by atoms with E-state index in [-0.39, 0.29) is 18.4 Å². The highest BCUT2D eigenvalue weighted by Crippen LogP contribution is 2.43. The number of benzene rings is 1. The van der Waals surface area contributed by atoms with Gasteiger partial charge in [0.15, 0.2) is 0 Å². The van der Waals surface area contributed by atoms with Crippen molar-refractivity contribution < 1.29 is 14.3 Å². The van der Waals surface area contributed by atoms with Crippen molar-refractivity contribution in [2.75, 3.05) is 25.6 Å². The third-order valence-electron chi connectivity index (χ3n) is 6.06. The summed E-state index contributed by atoms with van der Waals surface area (Å²) in [5, 5.41) is 11.3. The van der Waals surface area contributed by atoms with Crippen molar-refractivity contribution in [1.29, 1.82) is 0 Å². The highest BCUT2D eigenvalue weighted by molar-refractivity contribution is 7.98. The van der Waals surface area contributed by atoms with Crippen LogP contribution in [0.3, 0.4) is 0 Å². The highest BCUT2D eigenvalue weighted by atomic mass is 35.5. The molecule has 1 aliphatic heterocycles. The van der Waals surface area contributed by atoms with Gasteiger partial charge in [0.1, 0.15) is 12.4 Å². The van der Waals surface area contributed by atoms with Gasteiger partial charge in [-0.1, -0.05) is 36.6 Å². The molecular weight excluding hydrogens is 436 g/mol. The van der Waals surface area contributed by atoms with Gasteiger partial charge in [-0.15, -0.1) is 0 Å². The Morgan fingerprint density at radius 1 is 1.23 bits per heavy atom. The average Bonchev–Trinajstić information content (AvgIpc) is 3.48. The van der Waals surface area contributed by atoms with E-state index in [1.54, 1.807) is 23.6 Å². The fourth-order valence-corrected chi connectivity index (χ4v) is 5.59. The molecule has 0 atom stereocenters. The number of halogens is 1. The molecule has 166 valence electrons. The van der Waals surface area contributed by atoms with Crippen molar-refractivity contribution in [3.05, 3.63) is 46.1 Å². The smallest absolute Gasteiger partial charge is 0.241 e.